The van der Waals surface area contributed by atoms with Crippen molar-refractivity contribution in [2.45, 2.75) is 426 Å². The van der Waals surface area contributed by atoms with Crippen molar-refractivity contribution in [2.75, 3.05) is 39.6 Å². The van der Waals surface area contributed by atoms with Crippen LogP contribution in [0.1, 0.15) is 408 Å². The quantitative estimate of drug-likeness (QED) is 0.0222. The van der Waals surface area contributed by atoms with Crippen molar-refractivity contribution in [1.82, 2.24) is 0 Å². The number of aliphatic hydroxyl groups is 1. The predicted octanol–water partition coefficient (Wildman–Crippen LogP) is 23.4. The lowest BCUT2D eigenvalue weighted by Crippen LogP contribution is -2.30. The molecule has 0 saturated carbocycles. The Labute approximate surface area is 600 Å². The Kier molecular flexibility index (Phi) is 68.1. The Morgan fingerprint density at radius 3 is 0.776 bits per heavy atom. The van der Waals surface area contributed by atoms with Crippen molar-refractivity contribution >= 4 is 39.5 Å². The molecular formula is C79H154O17P2. The number of unbranched alkanes of at least 4 members (excludes halogenated alkanes) is 44. The molecule has 98 heavy (non-hydrogen) atoms. The average Bonchev–Trinajstić information content (AvgIpc) is 1.08. The van der Waals surface area contributed by atoms with Gasteiger partial charge in [0.2, 0.25) is 0 Å². The highest BCUT2D eigenvalue weighted by Crippen LogP contribution is 2.45. The highest BCUT2D eigenvalue weighted by molar-refractivity contribution is 7.47. The predicted molar refractivity (Wildman–Crippen MR) is 400 cm³/mol. The third-order valence-corrected chi connectivity index (χ3v) is 20.6. The van der Waals surface area contributed by atoms with E-state index in [1.165, 1.54) is 218 Å². The van der Waals surface area contributed by atoms with E-state index in [0.29, 0.717) is 25.7 Å². The van der Waals surface area contributed by atoms with E-state index >= 15 is 0 Å². The smallest absolute Gasteiger partial charge is 0.462 e. The molecule has 0 aromatic carbocycles. The van der Waals surface area contributed by atoms with Gasteiger partial charge in [-0.2, -0.15) is 0 Å². The van der Waals surface area contributed by atoms with E-state index in [2.05, 4.69) is 48.5 Å². The second-order valence-electron chi connectivity index (χ2n) is 29.6. The highest BCUT2D eigenvalue weighted by atomic mass is 31.2. The number of ether oxygens (including phenoxy) is 4. The number of phosphoric ester groups is 2. The largest absolute Gasteiger partial charge is 0.472 e. The third kappa shape index (κ3) is 71.1. The van der Waals surface area contributed by atoms with Crippen LogP contribution in [0, 0.1) is 17.8 Å². The van der Waals surface area contributed by atoms with Crippen LogP contribution in [0.2, 0.25) is 0 Å². The molecule has 0 amide bonds. The fraction of sp³-hybridized carbons (Fsp3) is 0.949. The average molecular weight is 1440 g/mol. The molecule has 0 bridgehead atoms. The first-order valence-corrected chi connectivity index (χ1v) is 43.9. The summed E-state index contributed by atoms with van der Waals surface area (Å²) in [7, 11) is -9.92. The maximum absolute atomic E-state index is 13.1. The summed E-state index contributed by atoms with van der Waals surface area (Å²) in [6.45, 7) is 12.0. The van der Waals surface area contributed by atoms with Gasteiger partial charge in [0.05, 0.1) is 26.4 Å². The number of hydrogen-bond acceptors (Lipinski definition) is 15. The van der Waals surface area contributed by atoms with Gasteiger partial charge in [-0.15, -0.1) is 0 Å². The van der Waals surface area contributed by atoms with E-state index in [1.54, 1.807) is 0 Å². The molecule has 17 nitrogen and oxygen atoms in total. The Morgan fingerprint density at radius 1 is 0.296 bits per heavy atom. The SMILES string of the molecule is CCCCCCCCCCCCCCCC(=O)OC[C@H](COP(=O)(O)OC[C@H](O)COP(=O)(O)OC[C@@H](COC(=O)CCCCCCCCCCCCCC(C)C)OC(=O)CCCCCCCCCCCCCCCCC(C)CC)OC(=O)CCCCCCCCCCCCC(C)C. The summed E-state index contributed by atoms with van der Waals surface area (Å²) < 4.78 is 68.7. The van der Waals surface area contributed by atoms with Crippen LogP contribution in [0.25, 0.3) is 0 Å². The molecule has 0 aliphatic rings. The van der Waals surface area contributed by atoms with Crippen molar-refractivity contribution in [2.24, 2.45) is 17.8 Å². The van der Waals surface area contributed by atoms with Crippen molar-refractivity contribution in [3.8, 4) is 0 Å². The molecule has 0 fully saturated rings. The minimum atomic E-state index is -4.96. The van der Waals surface area contributed by atoms with Crippen LogP contribution < -0.4 is 0 Å². The molecule has 19 heteroatoms. The van der Waals surface area contributed by atoms with E-state index in [0.717, 1.165) is 108 Å². The molecule has 3 N–H and O–H groups in total. The summed E-state index contributed by atoms with van der Waals surface area (Å²) in [4.78, 5) is 73.0. The molecule has 0 rings (SSSR count). The van der Waals surface area contributed by atoms with E-state index < -0.39 is 97.5 Å². The van der Waals surface area contributed by atoms with Gasteiger partial charge < -0.3 is 33.8 Å². The molecule has 6 atom stereocenters. The molecule has 0 heterocycles. The van der Waals surface area contributed by atoms with Crippen molar-refractivity contribution in [1.29, 1.82) is 0 Å². The van der Waals surface area contributed by atoms with Gasteiger partial charge in [0.15, 0.2) is 12.2 Å². The van der Waals surface area contributed by atoms with Gasteiger partial charge in [-0.3, -0.25) is 37.3 Å². The maximum Gasteiger partial charge on any atom is 0.472 e. The van der Waals surface area contributed by atoms with Crippen molar-refractivity contribution in [3.63, 3.8) is 0 Å². The molecule has 0 radical (unpaired) electrons. The number of aliphatic hydroxyl groups excluding tert-OH is 1. The van der Waals surface area contributed by atoms with Crippen LogP contribution >= 0.6 is 15.6 Å². The molecule has 0 saturated heterocycles. The van der Waals surface area contributed by atoms with Crippen LogP contribution in [-0.4, -0.2) is 96.7 Å². The molecule has 0 aliphatic heterocycles. The fourth-order valence-electron chi connectivity index (χ4n) is 12.1. The second kappa shape index (κ2) is 69.4. The molecule has 0 aromatic heterocycles. The van der Waals surface area contributed by atoms with Crippen LogP contribution in [0.5, 0.6) is 0 Å². The van der Waals surface area contributed by atoms with E-state index in [1.807, 2.05) is 0 Å². The van der Waals surface area contributed by atoms with Gasteiger partial charge in [0, 0.05) is 25.7 Å². The first-order chi connectivity index (χ1) is 47.3. The van der Waals surface area contributed by atoms with Gasteiger partial charge in [0.1, 0.15) is 19.3 Å². The highest BCUT2D eigenvalue weighted by Gasteiger charge is 2.30. The van der Waals surface area contributed by atoms with Gasteiger partial charge in [-0.05, 0) is 43.4 Å². The number of carbonyl (C=O) groups is 4. The third-order valence-electron chi connectivity index (χ3n) is 18.7. The van der Waals surface area contributed by atoms with Crippen LogP contribution in [0.15, 0.2) is 0 Å². The summed E-state index contributed by atoms with van der Waals surface area (Å²) >= 11 is 0. The number of esters is 4. The molecule has 3 unspecified atom stereocenters. The van der Waals surface area contributed by atoms with Crippen LogP contribution in [-0.2, 0) is 65.4 Å². The lowest BCUT2D eigenvalue weighted by Gasteiger charge is -2.21. The van der Waals surface area contributed by atoms with Gasteiger partial charge in [-0.1, -0.05) is 357 Å². The minimum absolute atomic E-state index is 0.106. The van der Waals surface area contributed by atoms with Gasteiger partial charge >= 0.3 is 39.5 Å². The summed E-state index contributed by atoms with van der Waals surface area (Å²) in [5, 5.41) is 10.6. The van der Waals surface area contributed by atoms with Crippen molar-refractivity contribution in [3.05, 3.63) is 0 Å². The monoisotopic (exact) mass is 1440 g/mol. The Morgan fingerprint density at radius 2 is 0.520 bits per heavy atom. The van der Waals surface area contributed by atoms with Crippen LogP contribution in [0.4, 0.5) is 0 Å². The topological polar surface area (TPSA) is 237 Å². The Bertz CT molecular complexity index is 1910. The fourth-order valence-corrected chi connectivity index (χ4v) is 13.7. The first-order valence-electron chi connectivity index (χ1n) is 40.9. The molecule has 0 spiro atoms. The molecular weight excluding hydrogens is 1280 g/mol. The standard InChI is InChI=1S/C79H154O17P2/c1-8-10-11-12-13-14-15-18-24-32-39-46-53-60-76(81)89-67-75(96-79(84)63-56-49-42-35-28-27-30-37-44-51-58-71(5)6)69-94-98(87,88)92-65-73(80)64-91-97(85,86)93-68-74(66-90-77(82)61-54-47-40-33-26-21-22-29-36-43-50-57-70(3)4)95-78(83)62-55-48-41-34-25-20-17-16-19-23-31-38-45-52-59-72(7)9-2/h70-75,80H,8-69H2,1-7H3,(H,85,86)(H,87,88)/t72?,73-,74-,75-/m1/s1. The zero-order valence-corrected chi connectivity index (χ0v) is 66.0. The van der Waals surface area contributed by atoms with E-state index in [9.17, 15) is 43.2 Å². The van der Waals surface area contributed by atoms with E-state index in [4.69, 9.17) is 37.0 Å². The number of carbonyl (C=O) groups excluding carboxylic acids is 4. The zero-order valence-electron chi connectivity index (χ0n) is 64.3. The first kappa shape index (κ1) is 96.1. The lowest BCUT2D eigenvalue weighted by molar-refractivity contribution is -0.161. The normalized spacial score (nSPS) is 14.3. The Balaban J connectivity index is 5.27. The summed E-state index contributed by atoms with van der Waals surface area (Å²) in [6.07, 6.45) is 56.7. The molecule has 582 valence electrons. The van der Waals surface area contributed by atoms with Crippen molar-refractivity contribution < 1.29 is 80.2 Å². The summed E-state index contributed by atoms with van der Waals surface area (Å²) in [6, 6.07) is 0. The minimum Gasteiger partial charge on any atom is -0.462 e. The van der Waals surface area contributed by atoms with E-state index in [-0.39, 0.29) is 25.7 Å². The Hall–Kier alpha value is -1.94. The number of phosphoric acid groups is 2. The van der Waals surface area contributed by atoms with Gasteiger partial charge in [-0.25, -0.2) is 9.13 Å². The second-order valence-corrected chi connectivity index (χ2v) is 32.6. The number of hydrogen-bond donors (Lipinski definition) is 3. The summed E-state index contributed by atoms with van der Waals surface area (Å²) in [5.74, 6) is 0.257. The van der Waals surface area contributed by atoms with Crippen LogP contribution in [0.3, 0.4) is 0 Å². The van der Waals surface area contributed by atoms with Gasteiger partial charge in [0.25, 0.3) is 0 Å². The zero-order chi connectivity index (χ0) is 72.3. The summed E-state index contributed by atoms with van der Waals surface area (Å²) in [5.41, 5.74) is 0. The number of rotatable bonds is 77. The molecule has 0 aliphatic carbocycles. The molecule has 0 aromatic rings. The maximum atomic E-state index is 13.1. The lowest BCUT2D eigenvalue weighted by atomic mass is 9.99.